The van der Waals surface area contributed by atoms with Crippen molar-refractivity contribution in [3.63, 3.8) is 0 Å². The van der Waals surface area contributed by atoms with E-state index in [1.165, 1.54) is 12.1 Å². The third-order valence-electron chi connectivity index (χ3n) is 3.25. The molecule has 2 rings (SSSR count). The van der Waals surface area contributed by atoms with Gasteiger partial charge in [-0.2, -0.15) is 0 Å². The van der Waals surface area contributed by atoms with Gasteiger partial charge in [0.15, 0.2) is 0 Å². The van der Waals surface area contributed by atoms with Gasteiger partial charge in [0.25, 0.3) is 0 Å². The molecule has 5 heteroatoms. The molecule has 1 amide bonds. The van der Waals surface area contributed by atoms with Crippen molar-refractivity contribution in [2.24, 2.45) is 0 Å². The number of carbonyl (C=O) groups excluding carboxylic acids is 1. The summed E-state index contributed by atoms with van der Waals surface area (Å²) in [7, 11) is 1.84. The summed E-state index contributed by atoms with van der Waals surface area (Å²) < 4.78 is 12.9. The first kappa shape index (κ1) is 16.5. The molecule has 0 unspecified atom stereocenters. The highest BCUT2D eigenvalue weighted by Gasteiger charge is 2.09. The van der Waals surface area contributed by atoms with Crippen LogP contribution in [0.25, 0.3) is 0 Å². The van der Waals surface area contributed by atoms with Crippen LogP contribution in [-0.2, 0) is 11.3 Å². The highest BCUT2D eigenvalue weighted by molar-refractivity contribution is 6.31. The first-order chi connectivity index (χ1) is 10.4. The molecule has 0 aliphatic carbocycles. The molecule has 0 saturated carbocycles. The smallest absolute Gasteiger partial charge is 0.238 e. The number of likely N-dealkylation sites (N-methyl/N-ethyl adjacent to an activating group) is 1. The average molecular weight is 321 g/mol. The van der Waals surface area contributed by atoms with Crippen molar-refractivity contribution >= 4 is 23.2 Å². The molecule has 2 aromatic carbocycles. The van der Waals surface area contributed by atoms with Crippen LogP contribution in [0.2, 0.25) is 5.02 Å². The number of nitrogens with zero attached hydrogens (tertiary/aromatic N) is 1. The Morgan fingerprint density at radius 2 is 1.91 bits per heavy atom. The Balaban J connectivity index is 1.91. The summed E-state index contributed by atoms with van der Waals surface area (Å²) in [6.07, 6.45) is 0. The second-order valence-electron chi connectivity index (χ2n) is 5.31. The van der Waals surface area contributed by atoms with E-state index in [1.807, 2.05) is 24.9 Å². The summed E-state index contributed by atoms with van der Waals surface area (Å²) in [5.41, 5.74) is 2.63. The van der Waals surface area contributed by atoms with E-state index < -0.39 is 0 Å². The minimum Gasteiger partial charge on any atom is -0.325 e. The van der Waals surface area contributed by atoms with Gasteiger partial charge in [0.1, 0.15) is 5.82 Å². The fourth-order valence-electron chi connectivity index (χ4n) is 2.12. The number of amides is 1. The topological polar surface area (TPSA) is 32.3 Å². The highest BCUT2D eigenvalue weighted by atomic mass is 35.5. The van der Waals surface area contributed by atoms with Crippen molar-refractivity contribution < 1.29 is 9.18 Å². The van der Waals surface area contributed by atoms with Gasteiger partial charge in [0.05, 0.1) is 6.54 Å². The number of anilines is 1. The number of hydrogen-bond acceptors (Lipinski definition) is 2. The van der Waals surface area contributed by atoms with Gasteiger partial charge in [-0.05, 0) is 49.4 Å². The maximum atomic E-state index is 12.9. The molecule has 3 nitrogen and oxygen atoms in total. The van der Waals surface area contributed by atoms with Crippen LogP contribution < -0.4 is 5.32 Å². The Bertz CT molecular complexity index is 658. The van der Waals surface area contributed by atoms with Crippen molar-refractivity contribution in [1.82, 2.24) is 4.90 Å². The standard InChI is InChI=1S/C17H18ClFN2O/c1-12-3-6-14(18)9-16(12)20-17(22)11-21(2)10-13-4-7-15(19)8-5-13/h3-9H,10-11H2,1-2H3,(H,20,22). The lowest BCUT2D eigenvalue weighted by Gasteiger charge is -2.17. The minimum atomic E-state index is -0.263. The van der Waals surface area contributed by atoms with Crippen LogP contribution in [0.5, 0.6) is 0 Å². The molecule has 1 N–H and O–H groups in total. The van der Waals surface area contributed by atoms with Crippen LogP contribution in [0.4, 0.5) is 10.1 Å². The maximum absolute atomic E-state index is 12.9. The second kappa shape index (κ2) is 7.38. The van der Waals surface area contributed by atoms with E-state index in [4.69, 9.17) is 11.6 Å². The van der Waals surface area contributed by atoms with Gasteiger partial charge >= 0.3 is 0 Å². The lowest BCUT2D eigenvalue weighted by molar-refractivity contribution is -0.117. The highest BCUT2D eigenvalue weighted by Crippen LogP contribution is 2.20. The fourth-order valence-corrected chi connectivity index (χ4v) is 2.29. The van der Waals surface area contributed by atoms with Crippen LogP contribution in [0.15, 0.2) is 42.5 Å². The number of nitrogens with one attached hydrogen (secondary N) is 1. The van der Waals surface area contributed by atoms with Crippen LogP contribution in [-0.4, -0.2) is 24.4 Å². The number of benzene rings is 2. The predicted molar refractivity (Wildman–Crippen MR) is 87.6 cm³/mol. The van der Waals surface area contributed by atoms with E-state index in [0.29, 0.717) is 17.3 Å². The molecule has 116 valence electrons. The largest absolute Gasteiger partial charge is 0.325 e. The zero-order valence-electron chi connectivity index (χ0n) is 12.6. The first-order valence-electron chi connectivity index (χ1n) is 6.93. The van der Waals surface area contributed by atoms with E-state index in [-0.39, 0.29) is 18.3 Å². The molecule has 2 aromatic rings. The Morgan fingerprint density at radius 1 is 1.23 bits per heavy atom. The number of carbonyl (C=O) groups is 1. The molecule has 0 spiro atoms. The van der Waals surface area contributed by atoms with E-state index in [9.17, 15) is 9.18 Å². The number of rotatable bonds is 5. The van der Waals surface area contributed by atoms with Crippen LogP contribution in [0, 0.1) is 12.7 Å². The molecule has 0 saturated heterocycles. The lowest BCUT2D eigenvalue weighted by Crippen LogP contribution is -2.30. The normalized spacial score (nSPS) is 10.8. The Kier molecular flexibility index (Phi) is 5.52. The molecule has 0 fully saturated rings. The predicted octanol–water partition coefficient (Wildman–Crippen LogP) is 3.86. The van der Waals surface area contributed by atoms with Crippen molar-refractivity contribution in [2.75, 3.05) is 18.9 Å². The van der Waals surface area contributed by atoms with Crippen LogP contribution in [0.3, 0.4) is 0 Å². The van der Waals surface area contributed by atoms with E-state index in [2.05, 4.69) is 5.32 Å². The molecule has 0 atom stereocenters. The third kappa shape index (κ3) is 4.83. The van der Waals surface area contributed by atoms with Crippen LogP contribution in [0.1, 0.15) is 11.1 Å². The van der Waals surface area contributed by atoms with Crippen LogP contribution >= 0.6 is 11.6 Å². The summed E-state index contributed by atoms with van der Waals surface area (Å²) in [5, 5.41) is 3.44. The lowest BCUT2D eigenvalue weighted by atomic mass is 10.2. The molecule has 22 heavy (non-hydrogen) atoms. The SMILES string of the molecule is Cc1ccc(Cl)cc1NC(=O)CN(C)Cc1ccc(F)cc1. The van der Waals surface area contributed by atoms with Gasteiger partial charge in [-0.25, -0.2) is 4.39 Å². The number of hydrogen-bond donors (Lipinski definition) is 1. The summed E-state index contributed by atoms with van der Waals surface area (Å²) in [6.45, 7) is 2.72. The van der Waals surface area contributed by atoms with Gasteiger partial charge in [-0.15, -0.1) is 0 Å². The minimum absolute atomic E-state index is 0.116. The molecule has 0 aliphatic heterocycles. The van der Waals surface area contributed by atoms with Gasteiger partial charge in [-0.1, -0.05) is 29.8 Å². The van der Waals surface area contributed by atoms with Crippen molar-refractivity contribution in [3.05, 3.63) is 64.4 Å². The van der Waals surface area contributed by atoms with Gasteiger partial charge in [0, 0.05) is 17.3 Å². The van der Waals surface area contributed by atoms with Gasteiger partial charge in [0.2, 0.25) is 5.91 Å². The Morgan fingerprint density at radius 3 is 2.59 bits per heavy atom. The zero-order chi connectivity index (χ0) is 16.1. The Hall–Kier alpha value is -1.91. The summed E-state index contributed by atoms with van der Waals surface area (Å²) in [4.78, 5) is 13.9. The number of halogens is 2. The van der Waals surface area contributed by atoms with Crippen molar-refractivity contribution in [1.29, 1.82) is 0 Å². The molecule has 0 radical (unpaired) electrons. The monoisotopic (exact) mass is 320 g/mol. The van der Waals surface area contributed by atoms with E-state index >= 15 is 0 Å². The second-order valence-corrected chi connectivity index (χ2v) is 5.74. The molecular formula is C17H18ClFN2O. The summed E-state index contributed by atoms with van der Waals surface area (Å²) in [6, 6.07) is 11.6. The zero-order valence-corrected chi connectivity index (χ0v) is 13.3. The molecular weight excluding hydrogens is 303 g/mol. The van der Waals surface area contributed by atoms with E-state index in [1.54, 1.807) is 24.3 Å². The van der Waals surface area contributed by atoms with E-state index in [0.717, 1.165) is 11.1 Å². The average Bonchev–Trinajstić information content (AvgIpc) is 2.45. The molecule has 0 heterocycles. The fraction of sp³-hybridized carbons (Fsp3) is 0.235. The van der Waals surface area contributed by atoms with Crippen molar-refractivity contribution in [2.45, 2.75) is 13.5 Å². The third-order valence-corrected chi connectivity index (χ3v) is 3.49. The molecule has 0 aromatic heterocycles. The summed E-state index contributed by atoms with van der Waals surface area (Å²) >= 11 is 5.93. The van der Waals surface area contributed by atoms with Crippen molar-refractivity contribution in [3.8, 4) is 0 Å². The molecule has 0 bridgehead atoms. The van der Waals surface area contributed by atoms with Gasteiger partial charge in [-0.3, -0.25) is 9.69 Å². The maximum Gasteiger partial charge on any atom is 0.238 e. The summed E-state index contributed by atoms with van der Waals surface area (Å²) in [5.74, 6) is -0.379. The number of aryl methyl sites for hydroxylation is 1. The van der Waals surface area contributed by atoms with Gasteiger partial charge < -0.3 is 5.32 Å². The first-order valence-corrected chi connectivity index (χ1v) is 7.31. The molecule has 0 aliphatic rings. The quantitative estimate of drug-likeness (QED) is 0.907. The Labute approximate surface area is 134 Å².